The van der Waals surface area contributed by atoms with E-state index in [-0.39, 0.29) is 0 Å². The van der Waals surface area contributed by atoms with Crippen molar-refractivity contribution >= 4 is 21.0 Å². The van der Waals surface area contributed by atoms with Crippen LogP contribution in [0.15, 0.2) is 72.8 Å². The fourth-order valence-electron chi connectivity index (χ4n) is 3.32. The highest BCUT2D eigenvalue weighted by atomic mass is 28.2. The van der Waals surface area contributed by atoms with E-state index in [0.717, 1.165) is 13.0 Å². The van der Waals surface area contributed by atoms with Crippen LogP contribution in [-0.2, 0) is 10.8 Å². The van der Waals surface area contributed by atoms with Crippen LogP contribution in [0.1, 0.15) is 33.4 Å². The molecule has 0 aliphatic heterocycles. The average Bonchev–Trinajstić information content (AvgIpc) is 2.67. The molecule has 0 aliphatic rings. The van der Waals surface area contributed by atoms with Crippen LogP contribution in [0.3, 0.4) is 0 Å². The largest absolute Gasteiger partial charge is 0.418 e. The Labute approximate surface area is 165 Å². The second-order valence-corrected chi connectivity index (χ2v) is 8.53. The van der Waals surface area contributed by atoms with Crippen LogP contribution in [0.5, 0.6) is 0 Å². The third kappa shape index (κ3) is 5.28. The first-order valence-electron chi connectivity index (χ1n) is 9.59. The zero-order chi connectivity index (χ0) is 19.1. The van der Waals surface area contributed by atoms with E-state index < -0.39 is 9.76 Å². The Hall–Kier alpha value is -2.42. The van der Waals surface area contributed by atoms with Gasteiger partial charge in [-0.1, -0.05) is 78.9 Å². The minimum absolute atomic E-state index is 0.786. The number of hydrogen-bond acceptors (Lipinski definition) is 1. The zero-order valence-corrected chi connectivity index (χ0v) is 17.9. The van der Waals surface area contributed by atoms with Crippen molar-refractivity contribution in [3.05, 3.63) is 106 Å². The highest BCUT2D eigenvalue weighted by Gasteiger charge is 2.08. The molecule has 3 aromatic rings. The first kappa shape index (κ1) is 19.3. The molecule has 0 bridgehead atoms. The zero-order valence-electron chi connectivity index (χ0n) is 16.5. The molecule has 0 N–H and O–H groups in total. The van der Waals surface area contributed by atoms with Gasteiger partial charge < -0.3 is 4.43 Å². The van der Waals surface area contributed by atoms with Gasteiger partial charge in [0.05, 0.1) is 0 Å². The molecule has 2 heteroatoms. The van der Waals surface area contributed by atoms with E-state index in [1.54, 1.807) is 0 Å². The molecule has 0 fully saturated rings. The van der Waals surface area contributed by atoms with Crippen LogP contribution < -0.4 is 0 Å². The maximum atomic E-state index is 6.25. The third-order valence-corrected chi connectivity index (χ3v) is 6.43. The number of rotatable bonds is 7. The van der Waals surface area contributed by atoms with E-state index in [4.69, 9.17) is 4.43 Å². The minimum atomic E-state index is -0.821. The first-order valence-corrected chi connectivity index (χ1v) is 10.9. The molecule has 0 spiro atoms. The SMILES string of the molecule is Cc1ccccc1C=C([SiH2]OCCc1ccccc1C)c1ccccc1C. The molecule has 0 saturated carbocycles. The van der Waals surface area contributed by atoms with Crippen molar-refractivity contribution in [2.45, 2.75) is 27.2 Å². The van der Waals surface area contributed by atoms with Crippen molar-refractivity contribution in [2.24, 2.45) is 0 Å². The lowest BCUT2D eigenvalue weighted by Crippen LogP contribution is -2.07. The van der Waals surface area contributed by atoms with Gasteiger partial charge in [-0.05, 0) is 65.8 Å². The van der Waals surface area contributed by atoms with Gasteiger partial charge in [-0.15, -0.1) is 0 Å². The molecule has 138 valence electrons. The van der Waals surface area contributed by atoms with Crippen LogP contribution in [0.2, 0.25) is 0 Å². The van der Waals surface area contributed by atoms with E-state index in [0.29, 0.717) is 0 Å². The third-order valence-electron chi connectivity index (χ3n) is 5.04. The molecule has 0 saturated heterocycles. The van der Waals surface area contributed by atoms with Gasteiger partial charge in [0.25, 0.3) is 0 Å². The maximum Gasteiger partial charge on any atom is 0.192 e. The second kappa shape index (κ2) is 9.49. The second-order valence-electron chi connectivity index (χ2n) is 7.07. The summed E-state index contributed by atoms with van der Waals surface area (Å²) in [4.78, 5) is 0. The minimum Gasteiger partial charge on any atom is -0.418 e. The summed E-state index contributed by atoms with van der Waals surface area (Å²) in [6.07, 6.45) is 3.31. The lowest BCUT2D eigenvalue weighted by atomic mass is 10.0. The Morgan fingerprint density at radius 3 is 2.11 bits per heavy atom. The lowest BCUT2D eigenvalue weighted by Gasteiger charge is -2.13. The van der Waals surface area contributed by atoms with Gasteiger partial charge in [0, 0.05) is 6.61 Å². The Balaban J connectivity index is 1.76. The van der Waals surface area contributed by atoms with Crippen molar-refractivity contribution < 1.29 is 4.43 Å². The first-order chi connectivity index (χ1) is 13.1. The van der Waals surface area contributed by atoms with Gasteiger partial charge in [-0.3, -0.25) is 0 Å². The van der Waals surface area contributed by atoms with Gasteiger partial charge in [-0.2, -0.15) is 0 Å². The van der Waals surface area contributed by atoms with Gasteiger partial charge in [0.1, 0.15) is 0 Å². The lowest BCUT2D eigenvalue weighted by molar-refractivity contribution is 0.347. The van der Waals surface area contributed by atoms with E-state index in [9.17, 15) is 0 Å². The van der Waals surface area contributed by atoms with Crippen molar-refractivity contribution in [1.82, 2.24) is 0 Å². The molecule has 3 aromatic carbocycles. The van der Waals surface area contributed by atoms with Crippen LogP contribution in [-0.4, -0.2) is 16.4 Å². The summed E-state index contributed by atoms with van der Waals surface area (Å²) in [5.74, 6) is 0. The predicted molar refractivity (Wildman–Crippen MR) is 120 cm³/mol. The predicted octanol–water partition coefficient (Wildman–Crippen LogP) is 5.45. The molecular formula is C25H28OSi. The highest BCUT2D eigenvalue weighted by Crippen LogP contribution is 2.22. The fourth-order valence-corrected chi connectivity index (χ4v) is 4.69. The quantitative estimate of drug-likeness (QED) is 0.304. The monoisotopic (exact) mass is 372 g/mol. The standard InChI is InChI=1S/C25H28OSi/c1-19-10-4-7-13-22(19)16-17-26-27-25(24-15-9-6-12-21(24)3)18-23-14-8-5-11-20(23)2/h4-15,18H,16-17,27H2,1-3H3. The molecule has 3 rings (SSSR count). The molecule has 27 heavy (non-hydrogen) atoms. The molecule has 0 aromatic heterocycles. The summed E-state index contributed by atoms with van der Waals surface area (Å²) in [5, 5.41) is 1.37. The summed E-state index contributed by atoms with van der Waals surface area (Å²) < 4.78 is 6.25. The molecule has 0 amide bonds. The summed E-state index contributed by atoms with van der Waals surface area (Å²) in [6, 6.07) is 25.8. The topological polar surface area (TPSA) is 9.23 Å². The van der Waals surface area contributed by atoms with Crippen molar-refractivity contribution in [3.63, 3.8) is 0 Å². The molecular weight excluding hydrogens is 344 g/mol. The summed E-state index contributed by atoms with van der Waals surface area (Å²) in [6.45, 7) is 7.31. The average molecular weight is 373 g/mol. The van der Waals surface area contributed by atoms with Crippen molar-refractivity contribution in [2.75, 3.05) is 6.61 Å². The van der Waals surface area contributed by atoms with Crippen LogP contribution >= 0.6 is 0 Å². The van der Waals surface area contributed by atoms with E-state index in [1.165, 1.54) is 38.6 Å². The fraction of sp³-hybridized carbons (Fsp3) is 0.200. The molecule has 0 aliphatic carbocycles. The summed E-state index contributed by atoms with van der Waals surface area (Å²) in [5.41, 5.74) is 7.95. The molecule has 1 nitrogen and oxygen atoms in total. The van der Waals surface area contributed by atoms with Crippen molar-refractivity contribution in [3.8, 4) is 0 Å². The van der Waals surface area contributed by atoms with Crippen LogP contribution in [0.25, 0.3) is 11.3 Å². The van der Waals surface area contributed by atoms with Gasteiger partial charge in [0.15, 0.2) is 9.76 Å². The molecule has 0 heterocycles. The molecule has 0 atom stereocenters. The Morgan fingerprint density at radius 1 is 0.778 bits per heavy atom. The smallest absolute Gasteiger partial charge is 0.192 e. The molecule has 0 unspecified atom stereocenters. The molecule has 0 radical (unpaired) electrons. The summed E-state index contributed by atoms with van der Waals surface area (Å²) >= 11 is 0. The Kier molecular flexibility index (Phi) is 6.80. The number of hydrogen-bond donors (Lipinski definition) is 0. The van der Waals surface area contributed by atoms with Gasteiger partial charge >= 0.3 is 0 Å². The normalized spacial score (nSPS) is 12.0. The summed E-state index contributed by atoms with van der Waals surface area (Å²) in [7, 11) is -0.821. The number of aryl methyl sites for hydroxylation is 3. The van der Waals surface area contributed by atoms with Crippen LogP contribution in [0.4, 0.5) is 0 Å². The maximum absolute atomic E-state index is 6.25. The Bertz CT molecular complexity index is 927. The van der Waals surface area contributed by atoms with Crippen LogP contribution in [0, 0.1) is 20.8 Å². The van der Waals surface area contributed by atoms with Gasteiger partial charge in [0.2, 0.25) is 0 Å². The van der Waals surface area contributed by atoms with Gasteiger partial charge in [-0.25, -0.2) is 0 Å². The highest BCUT2D eigenvalue weighted by molar-refractivity contribution is 6.57. The van der Waals surface area contributed by atoms with Crippen molar-refractivity contribution in [1.29, 1.82) is 0 Å². The van der Waals surface area contributed by atoms with E-state index >= 15 is 0 Å². The Morgan fingerprint density at radius 2 is 1.41 bits per heavy atom. The van der Waals surface area contributed by atoms with E-state index in [1.807, 2.05) is 0 Å². The number of benzene rings is 3. The van der Waals surface area contributed by atoms with E-state index in [2.05, 4.69) is 99.6 Å².